The van der Waals surface area contributed by atoms with Gasteiger partial charge in [0.2, 0.25) is 0 Å². The summed E-state index contributed by atoms with van der Waals surface area (Å²) in [7, 11) is 0. The van der Waals surface area contributed by atoms with Crippen molar-refractivity contribution < 1.29 is 8.78 Å². The average Bonchev–Trinajstić information content (AvgIpc) is 2.19. The third kappa shape index (κ3) is 3.25. The van der Waals surface area contributed by atoms with E-state index in [2.05, 4.69) is 12.3 Å². The minimum atomic E-state index is -2.49. The lowest BCUT2D eigenvalue weighted by atomic mass is 10.0. The molecule has 0 heterocycles. The Labute approximate surface area is 88.4 Å². The van der Waals surface area contributed by atoms with E-state index in [9.17, 15) is 8.78 Å². The molecule has 15 heavy (non-hydrogen) atoms. The van der Waals surface area contributed by atoms with E-state index in [0.717, 1.165) is 18.4 Å². The number of rotatable bonds is 5. The largest absolute Gasteiger partial charge is 0.271 e. The van der Waals surface area contributed by atoms with E-state index < -0.39 is 12.5 Å². The quantitative estimate of drug-likeness (QED) is 0.583. The zero-order chi connectivity index (χ0) is 11.3. The molecule has 0 bridgehead atoms. The summed E-state index contributed by atoms with van der Waals surface area (Å²) in [4.78, 5) is 0. The van der Waals surface area contributed by atoms with Gasteiger partial charge in [0.15, 0.2) is 0 Å². The van der Waals surface area contributed by atoms with Crippen LogP contribution in [0.25, 0.3) is 0 Å². The molecule has 0 aliphatic carbocycles. The van der Waals surface area contributed by atoms with Gasteiger partial charge in [0.1, 0.15) is 6.04 Å². The Balaban J connectivity index is 2.87. The van der Waals surface area contributed by atoms with Crippen LogP contribution in [0, 0.1) is 0 Å². The van der Waals surface area contributed by atoms with E-state index in [1.54, 1.807) is 18.2 Å². The van der Waals surface area contributed by atoms with Gasteiger partial charge in [0, 0.05) is 0 Å². The number of hydrogen-bond donors (Lipinski definition) is 2. The summed E-state index contributed by atoms with van der Waals surface area (Å²) < 4.78 is 25.1. The molecule has 0 aliphatic heterocycles. The second-order valence-electron chi connectivity index (χ2n) is 3.47. The lowest BCUT2D eigenvalue weighted by molar-refractivity contribution is 0.0986. The predicted molar refractivity (Wildman–Crippen MR) is 56.5 cm³/mol. The van der Waals surface area contributed by atoms with Gasteiger partial charge in [0.05, 0.1) is 0 Å². The van der Waals surface area contributed by atoms with Crippen LogP contribution in [0.15, 0.2) is 24.3 Å². The van der Waals surface area contributed by atoms with Crippen LogP contribution in [0.3, 0.4) is 0 Å². The van der Waals surface area contributed by atoms with Crippen LogP contribution in [-0.4, -0.2) is 6.43 Å². The fraction of sp³-hybridized carbons (Fsp3) is 0.455. The molecule has 0 aromatic heterocycles. The summed E-state index contributed by atoms with van der Waals surface area (Å²) in [5, 5.41) is 0. The topological polar surface area (TPSA) is 38.0 Å². The van der Waals surface area contributed by atoms with Crippen molar-refractivity contribution in [2.45, 2.75) is 32.2 Å². The standard InChI is InChI=1S/C11H16F2N2/c1-2-4-8-5-3-6-9(7-8)10(15-14)11(12)13/h3,5-7,10-11,15H,2,4,14H2,1H3. The summed E-state index contributed by atoms with van der Waals surface area (Å²) in [6.45, 7) is 2.05. The number of halogens is 2. The molecule has 0 aliphatic rings. The molecule has 0 amide bonds. The SMILES string of the molecule is CCCc1cccc(C(NN)C(F)F)c1. The predicted octanol–water partition coefficient (Wildman–Crippen LogP) is 2.41. The Bertz CT molecular complexity index is 302. The molecule has 0 fully saturated rings. The maximum atomic E-state index is 12.6. The van der Waals surface area contributed by atoms with E-state index in [1.165, 1.54) is 0 Å². The fourth-order valence-electron chi connectivity index (χ4n) is 1.55. The Hall–Kier alpha value is -1.00. The van der Waals surface area contributed by atoms with Crippen molar-refractivity contribution >= 4 is 0 Å². The molecule has 0 radical (unpaired) electrons. The van der Waals surface area contributed by atoms with E-state index in [4.69, 9.17) is 5.84 Å². The van der Waals surface area contributed by atoms with Crippen LogP contribution in [0.2, 0.25) is 0 Å². The van der Waals surface area contributed by atoms with E-state index in [-0.39, 0.29) is 0 Å². The number of hydrazine groups is 1. The molecular weight excluding hydrogens is 198 g/mol. The van der Waals surface area contributed by atoms with Crippen LogP contribution >= 0.6 is 0 Å². The minimum absolute atomic E-state index is 0.540. The molecule has 2 nitrogen and oxygen atoms in total. The molecule has 1 unspecified atom stereocenters. The third-order valence-electron chi connectivity index (χ3n) is 2.28. The van der Waals surface area contributed by atoms with Gasteiger partial charge >= 0.3 is 0 Å². The van der Waals surface area contributed by atoms with Gasteiger partial charge in [-0.25, -0.2) is 14.2 Å². The number of benzene rings is 1. The lowest BCUT2D eigenvalue weighted by Gasteiger charge is -2.15. The summed E-state index contributed by atoms with van der Waals surface area (Å²) in [5.41, 5.74) is 3.74. The number of hydrogen-bond acceptors (Lipinski definition) is 2. The number of nitrogens with one attached hydrogen (secondary N) is 1. The first-order valence-corrected chi connectivity index (χ1v) is 5.02. The van der Waals surface area contributed by atoms with Crippen LogP contribution in [-0.2, 0) is 6.42 Å². The van der Waals surface area contributed by atoms with E-state index >= 15 is 0 Å². The highest BCUT2D eigenvalue weighted by Gasteiger charge is 2.20. The molecule has 1 aromatic carbocycles. The maximum Gasteiger partial charge on any atom is 0.259 e. The Morgan fingerprint density at radius 3 is 2.67 bits per heavy atom. The van der Waals surface area contributed by atoms with Gasteiger partial charge in [0.25, 0.3) is 6.43 Å². The van der Waals surface area contributed by atoms with Gasteiger partial charge in [-0.15, -0.1) is 0 Å². The van der Waals surface area contributed by atoms with Crippen molar-refractivity contribution in [3.8, 4) is 0 Å². The molecule has 0 saturated carbocycles. The first-order valence-electron chi connectivity index (χ1n) is 5.02. The molecule has 4 heteroatoms. The van der Waals surface area contributed by atoms with Crippen molar-refractivity contribution in [2.24, 2.45) is 5.84 Å². The molecule has 1 atom stereocenters. The summed E-state index contributed by atoms with van der Waals surface area (Å²) in [5.74, 6) is 5.10. The van der Waals surface area contributed by atoms with Crippen LogP contribution in [0.5, 0.6) is 0 Å². The molecular formula is C11H16F2N2. The summed E-state index contributed by atoms with van der Waals surface area (Å²) in [6.07, 6.45) is -0.598. The third-order valence-corrected chi connectivity index (χ3v) is 2.28. The molecule has 84 valence electrons. The minimum Gasteiger partial charge on any atom is -0.271 e. The molecule has 1 rings (SSSR count). The van der Waals surface area contributed by atoms with Gasteiger partial charge in [-0.2, -0.15) is 0 Å². The van der Waals surface area contributed by atoms with Crippen molar-refractivity contribution in [1.82, 2.24) is 5.43 Å². The van der Waals surface area contributed by atoms with E-state index in [1.807, 2.05) is 6.07 Å². The molecule has 0 spiro atoms. The summed E-state index contributed by atoms with van der Waals surface area (Å²) in [6, 6.07) is 6.08. The Morgan fingerprint density at radius 1 is 1.40 bits per heavy atom. The Morgan fingerprint density at radius 2 is 2.13 bits per heavy atom. The Kier molecular flexibility index (Phi) is 4.65. The highest BCUT2D eigenvalue weighted by Crippen LogP contribution is 2.21. The zero-order valence-corrected chi connectivity index (χ0v) is 8.71. The van der Waals surface area contributed by atoms with Crippen LogP contribution < -0.4 is 11.3 Å². The lowest BCUT2D eigenvalue weighted by Crippen LogP contribution is -2.32. The number of aryl methyl sites for hydroxylation is 1. The molecule has 1 aromatic rings. The fourth-order valence-corrected chi connectivity index (χ4v) is 1.55. The maximum absolute atomic E-state index is 12.6. The highest BCUT2D eigenvalue weighted by atomic mass is 19.3. The van der Waals surface area contributed by atoms with Gasteiger partial charge < -0.3 is 0 Å². The number of nitrogens with two attached hydrogens (primary N) is 1. The average molecular weight is 214 g/mol. The monoisotopic (exact) mass is 214 g/mol. The molecule has 0 saturated heterocycles. The van der Waals surface area contributed by atoms with Crippen LogP contribution in [0.1, 0.15) is 30.5 Å². The van der Waals surface area contributed by atoms with Gasteiger partial charge in [-0.1, -0.05) is 37.6 Å². The smallest absolute Gasteiger partial charge is 0.259 e. The zero-order valence-electron chi connectivity index (χ0n) is 8.71. The first kappa shape index (κ1) is 12.1. The summed E-state index contributed by atoms with van der Waals surface area (Å²) >= 11 is 0. The number of alkyl halides is 2. The second kappa shape index (κ2) is 5.78. The van der Waals surface area contributed by atoms with Gasteiger partial charge in [-0.3, -0.25) is 5.84 Å². The van der Waals surface area contributed by atoms with Gasteiger partial charge in [-0.05, 0) is 17.5 Å². The molecule has 3 N–H and O–H groups in total. The first-order chi connectivity index (χ1) is 7.19. The normalized spacial score (nSPS) is 13.1. The van der Waals surface area contributed by atoms with E-state index in [0.29, 0.717) is 5.56 Å². The second-order valence-corrected chi connectivity index (χ2v) is 3.47. The van der Waals surface area contributed by atoms with Crippen molar-refractivity contribution in [2.75, 3.05) is 0 Å². The van der Waals surface area contributed by atoms with Crippen molar-refractivity contribution in [3.63, 3.8) is 0 Å². The van der Waals surface area contributed by atoms with Crippen LogP contribution in [0.4, 0.5) is 8.78 Å². The van der Waals surface area contributed by atoms with Crippen molar-refractivity contribution in [1.29, 1.82) is 0 Å². The highest BCUT2D eigenvalue weighted by molar-refractivity contribution is 5.26. The van der Waals surface area contributed by atoms with Crippen molar-refractivity contribution in [3.05, 3.63) is 35.4 Å².